The topological polar surface area (TPSA) is 93.6 Å². The van der Waals surface area contributed by atoms with Crippen molar-refractivity contribution in [2.45, 2.75) is 13.3 Å². The van der Waals surface area contributed by atoms with Crippen LogP contribution in [0.2, 0.25) is 0 Å². The molecule has 8 heteroatoms. The summed E-state index contributed by atoms with van der Waals surface area (Å²) in [6.45, 7) is 2.78. The van der Waals surface area contributed by atoms with Crippen molar-refractivity contribution in [1.82, 2.24) is 19.5 Å². The van der Waals surface area contributed by atoms with Crippen LogP contribution >= 0.6 is 0 Å². The summed E-state index contributed by atoms with van der Waals surface area (Å²) >= 11 is 0. The van der Waals surface area contributed by atoms with E-state index < -0.39 is 0 Å². The lowest BCUT2D eigenvalue weighted by Gasteiger charge is -2.25. The van der Waals surface area contributed by atoms with Gasteiger partial charge in [0.1, 0.15) is 0 Å². The van der Waals surface area contributed by atoms with Gasteiger partial charge in [0.05, 0.1) is 10.5 Å². The van der Waals surface area contributed by atoms with Crippen molar-refractivity contribution in [3.05, 3.63) is 75.7 Å². The number of benzene rings is 1. The lowest BCUT2D eigenvalue weighted by atomic mass is 9.98. The summed E-state index contributed by atoms with van der Waals surface area (Å²) < 4.78 is 1.60. The van der Waals surface area contributed by atoms with Gasteiger partial charge in [-0.2, -0.15) is 5.10 Å². The third-order valence-corrected chi connectivity index (χ3v) is 4.60. The lowest BCUT2D eigenvalue weighted by Crippen LogP contribution is -2.35. The molecule has 27 heavy (non-hydrogen) atoms. The van der Waals surface area contributed by atoms with Crippen LogP contribution in [-0.2, 0) is 0 Å². The maximum atomic E-state index is 12.8. The molecule has 3 aromatic rings. The SMILES string of the molecule is Cc1cnc2cc(C(=O)N3CC=C(c4ccccc4[N+](=O)[O-])CC3)nn2c1. The Labute approximate surface area is 154 Å². The third kappa shape index (κ3) is 3.17. The van der Waals surface area contributed by atoms with Crippen LogP contribution in [0.4, 0.5) is 5.69 Å². The minimum atomic E-state index is -0.376. The molecule has 0 N–H and O–H groups in total. The van der Waals surface area contributed by atoms with E-state index in [1.165, 1.54) is 6.07 Å². The van der Waals surface area contributed by atoms with Gasteiger partial charge in [-0.3, -0.25) is 14.9 Å². The van der Waals surface area contributed by atoms with Crippen molar-refractivity contribution < 1.29 is 9.72 Å². The Balaban J connectivity index is 1.56. The number of fused-ring (bicyclic) bond motifs is 1. The van der Waals surface area contributed by atoms with Gasteiger partial charge in [0.15, 0.2) is 11.3 Å². The molecular weight excluding hydrogens is 346 g/mol. The zero-order chi connectivity index (χ0) is 19.0. The fraction of sp³-hybridized carbons (Fsp3) is 0.211. The smallest absolute Gasteiger partial charge is 0.276 e. The number of amides is 1. The second kappa shape index (κ2) is 6.64. The van der Waals surface area contributed by atoms with Crippen LogP contribution in [0.1, 0.15) is 28.0 Å². The Morgan fingerprint density at radius 2 is 2.11 bits per heavy atom. The molecule has 1 aromatic carbocycles. The fourth-order valence-electron chi connectivity index (χ4n) is 3.24. The molecule has 4 rings (SSSR count). The highest BCUT2D eigenvalue weighted by molar-refractivity contribution is 5.94. The predicted molar refractivity (Wildman–Crippen MR) is 99.3 cm³/mol. The van der Waals surface area contributed by atoms with E-state index in [0.717, 1.165) is 11.1 Å². The molecule has 0 fully saturated rings. The van der Waals surface area contributed by atoms with Crippen molar-refractivity contribution in [3.63, 3.8) is 0 Å². The van der Waals surface area contributed by atoms with Crippen molar-refractivity contribution in [2.24, 2.45) is 0 Å². The van der Waals surface area contributed by atoms with Gasteiger partial charge in [-0.05, 0) is 30.5 Å². The molecule has 0 radical (unpaired) electrons. The van der Waals surface area contributed by atoms with E-state index in [2.05, 4.69) is 10.1 Å². The van der Waals surface area contributed by atoms with Crippen molar-refractivity contribution in [3.8, 4) is 0 Å². The molecule has 0 unspecified atom stereocenters. The number of nitro groups is 1. The molecule has 0 saturated carbocycles. The number of aromatic nitrogens is 3. The van der Waals surface area contributed by atoms with Crippen LogP contribution in [0.15, 0.2) is 48.8 Å². The van der Waals surface area contributed by atoms with Crippen LogP contribution in [-0.4, -0.2) is 43.4 Å². The standard InChI is InChI=1S/C19H17N5O3/c1-13-11-20-18-10-16(21-23(18)12-13)19(25)22-8-6-14(7-9-22)15-4-2-3-5-17(15)24(26)27/h2-6,10-12H,7-9H2,1H3. The summed E-state index contributed by atoms with van der Waals surface area (Å²) in [5.74, 6) is -0.170. The first-order valence-electron chi connectivity index (χ1n) is 8.57. The average Bonchev–Trinajstić information content (AvgIpc) is 3.10. The number of aryl methyl sites for hydroxylation is 1. The van der Waals surface area contributed by atoms with Gasteiger partial charge in [0.2, 0.25) is 0 Å². The molecule has 1 aliphatic rings. The molecule has 136 valence electrons. The van der Waals surface area contributed by atoms with Crippen molar-refractivity contribution in [2.75, 3.05) is 13.1 Å². The summed E-state index contributed by atoms with van der Waals surface area (Å²) in [6, 6.07) is 8.35. The number of hydrogen-bond acceptors (Lipinski definition) is 5. The largest absolute Gasteiger partial charge is 0.333 e. The number of hydrogen-bond donors (Lipinski definition) is 0. The van der Waals surface area contributed by atoms with E-state index in [4.69, 9.17) is 0 Å². The minimum absolute atomic E-state index is 0.0883. The molecule has 1 amide bonds. The van der Waals surface area contributed by atoms with Crippen LogP contribution in [0.25, 0.3) is 11.2 Å². The maximum absolute atomic E-state index is 12.8. The molecule has 0 atom stereocenters. The first kappa shape index (κ1) is 16.9. The van der Waals surface area contributed by atoms with Crippen LogP contribution < -0.4 is 0 Å². The Hall–Kier alpha value is -3.55. The number of rotatable bonds is 3. The van der Waals surface area contributed by atoms with E-state index in [1.807, 2.05) is 19.2 Å². The molecule has 0 spiro atoms. The third-order valence-electron chi connectivity index (χ3n) is 4.60. The van der Waals surface area contributed by atoms with Gasteiger partial charge in [-0.1, -0.05) is 18.2 Å². The summed E-state index contributed by atoms with van der Waals surface area (Å²) in [4.78, 5) is 29.6. The quantitative estimate of drug-likeness (QED) is 0.527. The Morgan fingerprint density at radius 3 is 2.85 bits per heavy atom. The van der Waals surface area contributed by atoms with Gasteiger partial charge in [-0.15, -0.1) is 0 Å². The highest BCUT2D eigenvalue weighted by atomic mass is 16.6. The molecule has 8 nitrogen and oxygen atoms in total. The highest BCUT2D eigenvalue weighted by Crippen LogP contribution is 2.30. The van der Waals surface area contributed by atoms with Gasteiger partial charge < -0.3 is 4.90 Å². The average molecular weight is 363 g/mol. The maximum Gasteiger partial charge on any atom is 0.276 e. The van der Waals surface area contributed by atoms with Crippen molar-refractivity contribution >= 4 is 22.8 Å². The monoisotopic (exact) mass is 363 g/mol. The van der Waals surface area contributed by atoms with Gasteiger partial charge >= 0.3 is 0 Å². The van der Waals surface area contributed by atoms with E-state index in [9.17, 15) is 14.9 Å². The summed E-state index contributed by atoms with van der Waals surface area (Å²) in [6.07, 6.45) is 5.99. The zero-order valence-electron chi connectivity index (χ0n) is 14.7. The van der Waals surface area contributed by atoms with Crippen LogP contribution in [0.5, 0.6) is 0 Å². The molecular formula is C19H17N5O3. The summed E-state index contributed by atoms with van der Waals surface area (Å²) in [7, 11) is 0. The fourth-order valence-corrected chi connectivity index (χ4v) is 3.24. The normalized spacial score (nSPS) is 14.3. The predicted octanol–water partition coefficient (Wildman–Crippen LogP) is 2.88. The molecule has 1 aliphatic heterocycles. The Kier molecular flexibility index (Phi) is 4.15. The number of nitrogens with zero attached hydrogens (tertiary/aromatic N) is 5. The van der Waals surface area contributed by atoms with Crippen LogP contribution in [0.3, 0.4) is 0 Å². The zero-order valence-corrected chi connectivity index (χ0v) is 14.7. The number of carbonyl (C=O) groups is 1. The van der Waals surface area contributed by atoms with E-state index >= 15 is 0 Å². The molecule has 0 bridgehead atoms. The van der Waals surface area contributed by atoms with Crippen molar-refractivity contribution in [1.29, 1.82) is 0 Å². The first-order valence-corrected chi connectivity index (χ1v) is 8.57. The summed E-state index contributed by atoms with van der Waals surface area (Å²) in [5, 5.41) is 15.5. The van der Waals surface area contributed by atoms with Gasteiger partial charge in [-0.25, -0.2) is 9.50 Å². The van der Waals surface area contributed by atoms with E-state index in [1.54, 1.807) is 39.9 Å². The van der Waals surface area contributed by atoms with Crippen LogP contribution in [0, 0.1) is 17.0 Å². The minimum Gasteiger partial charge on any atom is -0.333 e. The number of nitro benzene ring substituents is 1. The molecule has 0 aliphatic carbocycles. The van der Waals surface area contributed by atoms with E-state index in [0.29, 0.717) is 36.4 Å². The number of para-hydroxylation sites is 1. The summed E-state index contributed by atoms with van der Waals surface area (Å²) in [5.41, 5.74) is 3.51. The number of carbonyl (C=O) groups excluding carboxylic acids is 1. The van der Waals surface area contributed by atoms with Gasteiger partial charge in [0.25, 0.3) is 11.6 Å². The molecule has 2 aromatic heterocycles. The Morgan fingerprint density at radius 1 is 1.30 bits per heavy atom. The lowest BCUT2D eigenvalue weighted by molar-refractivity contribution is -0.385. The Bertz CT molecular complexity index is 1090. The first-order chi connectivity index (χ1) is 13.0. The van der Waals surface area contributed by atoms with Gasteiger partial charge in [0, 0.05) is 37.6 Å². The van der Waals surface area contributed by atoms with E-state index in [-0.39, 0.29) is 16.5 Å². The molecule has 0 saturated heterocycles. The molecule has 3 heterocycles. The second-order valence-corrected chi connectivity index (χ2v) is 6.47. The highest BCUT2D eigenvalue weighted by Gasteiger charge is 2.24. The second-order valence-electron chi connectivity index (χ2n) is 6.47.